The van der Waals surface area contributed by atoms with Crippen LogP contribution in [-0.2, 0) is 0 Å². The normalized spacial score (nSPS) is 43.1. The van der Waals surface area contributed by atoms with Gasteiger partial charge >= 0.3 is 0 Å². The SMILES string of the molecule is NC(=NC1CC1)NC1CC2CC2C1. The Morgan fingerprint density at radius 2 is 1.85 bits per heavy atom. The lowest BCUT2D eigenvalue weighted by atomic mass is 10.2. The van der Waals surface area contributed by atoms with Crippen LogP contribution >= 0.6 is 0 Å². The number of rotatable bonds is 2. The first-order chi connectivity index (χ1) is 6.31. The lowest BCUT2D eigenvalue weighted by Gasteiger charge is -2.14. The zero-order valence-corrected chi connectivity index (χ0v) is 7.87. The van der Waals surface area contributed by atoms with Gasteiger partial charge < -0.3 is 11.1 Å². The molecule has 3 saturated carbocycles. The molecule has 13 heavy (non-hydrogen) atoms. The zero-order chi connectivity index (χ0) is 8.84. The highest BCUT2D eigenvalue weighted by molar-refractivity contribution is 5.78. The van der Waals surface area contributed by atoms with Gasteiger partial charge in [0.25, 0.3) is 0 Å². The van der Waals surface area contributed by atoms with Gasteiger partial charge in [0.1, 0.15) is 0 Å². The Bertz CT molecular complexity index is 235. The summed E-state index contributed by atoms with van der Waals surface area (Å²) in [6, 6.07) is 1.18. The van der Waals surface area contributed by atoms with Gasteiger partial charge in [0.05, 0.1) is 6.04 Å². The van der Waals surface area contributed by atoms with E-state index >= 15 is 0 Å². The zero-order valence-electron chi connectivity index (χ0n) is 7.87. The van der Waals surface area contributed by atoms with E-state index < -0.39 is 0 Å². The summed E-state index contributed by atoms with van der Waals surface area (Å²) in [6.45, 7) is 0. The van der Waals surface area contributed by atoms with Gasteiger partial charge in [-0.05, 0) is 43.9 Å². The van der Waals surface area contributed by atoms with Crippen LogP contribution in [-0.4, -0.2) is 18.0 Å². The Morgan fingerprint density at radius 3 is 2.46 bits per heavy atom. The lowest BCUT2D eigenvalue weighted by Crippen LogP contribution is -2.39. The van der Waals surface area contributed by atoms with Gasteiger partial charge in [-0.15, -0.1) is 0 Å². The standard InChI is InChI=1S/C10H17N3/c11-10(12-8-1-2-8)13-9-4-6-3-7(6)5-9/h6-9H,1-5H2,(H3,11,12,13). The van der Waals surface area contributed by atoms with Crippen molar-refractivity contribution < 1.29 is 0 Å². The Kier molecular flexibility index (Phi) is 1.55. The van der Waals surface area contributed by atoms with Crippen molar-refractivity contribution in [1.29, 1.82) is 0 Å². The highest BCUT2D eigenvalue weighted by atomic mass is 15.1. The molecule has 0 saturated heterocycles. The summed E-state index contributed by atoms with van der Waals surface area (Å²) in [5.74, 6) is 2.73. The number of guanidine groups is 1. The van der Waals surface area contributed by atoms with Crippen LogP contribution in [0.2, 0.25) is 0 Å². The lowest BCUT2D eigenvalue weighted by molar-refractivity contribution is 0.557. The largest absolute Gasteiger partial charge is 0.370 e. The van der Waals surface area contributed by atoms with Crippen molar-refractivity contribution in [1.82, 2.24) is 5.32 Å². The number of nitrogens with two attached hydrogens (primary N) is 1. The van der Waals surface area contributed by atoms with Gasteiger partial charge in [-0.1, -0.05) is 0 Å². The summed E-state index contributed by atoms with van der Waals surface area (Å²) in [7, 11) is 0. The molecule has 0 bridgehead atoms. The van der Waals surface area contributed by atoms with Crippen molar-refractivity contribution in [2.45, 2.75) is 44.2 Å². The van der Waals surface area contributed by atoms with E-state index in [0.29, 0.717) is 18.0 Å². The molecule has 0 aromatic heterocycles. The Labute approximate surface area is 78.8 Å². The monoisotopic (exact) mass is 179 g/mol. The molecule has 3 aliphatic rings. The third kappa shape index (κ3) is 1.64. The van der Waals surface area contributed by atoms with E-state index in [9.17, 15) is 0 Å². The fourth-order valence-corrected chi connectivity index (χ4v) is 2.48. The predicted molar refractivity (Wildman–Crippen MR) is 52.4 cm³/mol. The fraction of sp³-hybridized carbons (Fsp3) is 0.900. The Hall–Kier alpha value is -0.730. The minimum Gasteiger partial charge on any atom is -0.370 e. The number of aliphatic imine (C=N–C) groups is 1. The van der Waals surface area contributed by atoms with Crippen LogP contribution in [0.15, 0.2) is 4.99 Å². The minimum atomic E-state index is 0.545. The molecule has 0 aliphatic heterocycles. The van der Waals surface area contributed by atoms with E-state index in [1.807, 2.05) is 0 Å². The fourth-order valence-electron chi connectivity index (χ4n) is 2.48. The van der Waals surface area contributed by atoms with Gasteiger partial charge in [-0.25, -0.2) is 0 Å². The minimum absolute atomic E-state index is 0.545. The molecule has 2 atom stereocenters. The average molecular weight is 179 g/mol. The Balaban J connectivity index is 1.50. The molecule has 3 N–H and O–H groups in total. The van der Waals surface area contributed by atoms with Crippen LogP contribution in [0.3, 0.4) is 0 Å². The summed E-state index contributed by atoms with van der Waals surface area (Å²) in [6.07, 6.45) is 6.59. The smallest absolute Gasteiger partial charge is 0.189 e. The molecular formula is C10H17N3. The van der Waals surface area contributed by atoms with E-state index in [0.717, 1.165) is 11.8 Å². The summed E-state index contributed by atoms with van der Waals surface area (Å²) < 4.78 is 0. The number of hydrogen-bond acceptors (Lipinski definition) is 1. The van der Waals surface area contributed by atoms with Crippen molar-refractivity contribution in [3.63, 3.8) is 0 Å². The van der Waals surface area contributed by atoms with Crippen molar-refractivity contribution in [2.75, 3.05) is 0 Å². The summed E-state index contributed by atoms with van der Waals surface area (Å²) in [4.78, 5) is 4.38. The van der Waals surface area contributed by atoms with Crippen LogP contribution in [0.25, 0.3) is 0 Å². The molecule has 3 nitrogen and oxygen atoms in total. The number of nitrogens with zero attached hydrogens (tertiary/aromatic N) is 1. The van der Waals surface area contributed by atoms with Crippen molar-refractivity contribution >= 4 is 5.96 Å². The van der Waals surface area contributed by atoms with Crippen molar-refractivity contribution in [2.24, 2.45) is 22.6 Å². The van der Waals surface area contributed by atoms with E-state index in [4.69, 9.17) is 5.73 Å². The molecule has 0 radical (unpaired) electrons. The molecule has 2 unspecified atom stereocenters. The van der Waals surface area contributed by atoms with Crippen LogP contribution in [0.5, 0.6) is 0 Å². The molecule has 72 valence electrons. The van der Waals surface area contributed by atoms with Gasteiger partial charge in [0.2, 0.25) is 0 Å². The second-order valence-electron chi connectivity index (χ2n) is 4.81. The van der Waals surface area contributed by atoms with Gasteiger partial charge in [0, 0.05) is 6.04 Å². The van der Waals surface area contributed by atoms with E-state index in [1.165, 1.54) is 32.1 Å². The van der Waals surface area contributed by atoms with E-state index in [1.54, 1.807) is 0 Å². The highest BCUT2D eigenvalue weighted by Gasteiger charge is 2.45. The number of fused-ring (bicyclic) bond motifs is 1. The number of nitrogens with one attached hydrogen (secondary N) is 1. The summed E-state index contributed by atoms with van der Waals surface area (Å²) >= 11 is 0. The number of hydrogen-bond donors (Lipinski definition) is 2. The molecule has 0 amide bonds. The first-order valence-corrected chi connectivity index (χ1v) is 5.41. The van der Waals surface area contributed by atoms with E-state index in [2.05, 4.69) is 10.3 Å². The van der Waals surface area contributed by atoms with Crippen LogP contribution in [0.4, 0.5) is 0 Å². The average Bonchev–Trinajstić information content (AvgIpc) is 2.95. The maximum Gasteiger partial charge on any atom is 0.189 e. The summed E-state index contributed by atoms with van der Waals surface area (Å²) in [5, 5.41) is 3.34. The molecule has 0 spiro atoms. The van der Waals surface area contributed by atoms with Crippen LogP contribution in [0.1, 0.15) is 32.1 Å². The molecule has 0 aromatic rings. The molecule has 3 aliphatic carbocycles. The Morgan fingerprint density at radius 1 is 1.15 bits per heavy atom. The van der Waals surface area contributed by atoms with Gasteiger partial charge in [-0.2, -0.15) is 0 Å². The van der Waals surface area contributed by atoms with Crippen molar-refractivity contribution in [3.8, 4) is 0 Å². The maximum absolute atomic E-state index is 5.79. The second kappa shape index (κ2) is 2.63. The van der Waals surface area contributed by atoms with Gasteiger partial charge in [0.15, 0.2) is 5.96 Å². The summed E-state index contributed by atoms with van der Waals surface area (Å²) in [5.41, 5.74) is 5.79. The predicted octanol–water partition coefficient (Wildman–Crippen LogP) is 0.852. The molecule has 3 rings (SSSR count). The molecule has 0 heterocycles. The first kappa shape index (κ1) is 7.65. The highest BCUT2D eigenvalue weighted by Crippen LogP contribution is 2.51. The van der Waals surface area contributed by atoms with Crippen molar-refractivity contribution in [3.05, 3.63) is 0 Å². The molecule has 3 fully saturated rings. The molecular weight excluding hydrogens is 162 g/mol. The third-order valence-electron chi connectivity index (χ3n) is 3.46. The maximum atomic E-state index is 5.79. The third-order valence-corrected chi connectivity index (χ3v) is 3.46. The van der Waals surface area contributed by atoms with Gasteiger partial charge in [-0.3, -0.25) is 4.99 Å². The first-order valence-electron chi connectivity index (χ1n) is 5.41. The van der Waals surface area contributed by atoms with E-state index in [-0.39, 0.29) is 0 Å². The molecule has 0 aromatic carbocycles. The van der Waals surface area contributed by atoms with Crippen LogP contribution in [0, 0.1) is 11.8 Å². The second-order valence-corrected chi connectivity index (χ2v) is 4.81. The molecule has 3 heteroatoms. The van der Waals surface area contributed by atoms with Crippen LogP contribution < -0.4 is 11.1 Å². The topological polar surface area (TPSA) is 50.4 Å². The quantitative estimate of drug-likeness (QED) is 0.488.